The van der Waals surface area contributed by atoms with E-state index in [0.29, 0.717) is 6.42 Å². The summed E-state index contributed by atoms with van der Waals surface area (Å²) in [5, 5.41) is 0. The number of aldehydes is 1. The van der Waals surface area contributed by atoms with Crippen LogP contribution in [0.3, 0.4) is 0 Å². The Balaban J connectivity index is 2.79. The number of hydrogen-bond donors (Lipinski definition) is 0. The van der Waals surface area contributed by atoms with Crippen molar-refractivity contribution in [2.45, 2.75) is 6.42 Å². The summed E-state index contributed by atoms with van der Waals surface area (Å²) in [7, 11) is 1.62. The zero-order valence-corrected chi connectivity index (χ0v) is 7.62. The summed E-state index contributed by atoms with van der Waals surface area (Å²) in [4.78, 5) is 10.2. The van der Waals surface area contributed by atoms with Crippen LogP contribution in [0.15, 0.2) is 30.8 Å². The first-order valence-corrected chi connectivity index (χ1v) is 4.03. The van der Waals surface area contributed by atoms with Gasteiger partial charge in [-0.3, -0.25) is 0 Å². The Morgan fingerprint density at radius 2 is 2.08 bits per heavy atom. The first-order chi connectivity index (χ1) is 6.27. The van der Waals surface area contributed by atoms with Crippen LogP contribution >= 0.6 is 0 Å². The minimum atomic E-state index is 0.381. The van der Waals surface area contributed by atoms with Crippen molar-refractivity contribution >= 4 is 11.9 Å². The van der Waals surface area contributed by atoms with Crippen molar-refractivity contribution in [2.24, 2.45) is 0 Å². The maximum absolute atomic E-state index is 10.2. The highest BCUT2D eigenvalue weighted by atomic mass is 16.5. The summed E-state index contributed by atoms with van der Waals surface area (Å²) in [6.45, 7) is 3.80. The summed E-state index contributed by atoms with van der Waals surface area (Å²) in [6.07, 6.45) is 1.24. The van der Waals surface area contributed by atoms with Crippen LogP contribution in [0, 0.1) is 0 Å². The number of methoxy groups -OCH3 is 1. The summed E-state index contributed by atoms with van der Waals surface area (Å²) >= 11 is 0. The molecule has 1 aromatic rings. The van der Waals surface area contributed by atoms with E-state index in [1.807, 2.05) is 24.3 Å². The number of ether oxygens (including phenoxy) is 1. The predicted octanol–water partition coefficient (Wildman–Crippen LogP) is 2.30. The highest BCUT2D eigenvalue weighted by Gasteiger charge is 1.97. The molecule has 0 aliphatic rings. The number of rotatable bonds is 4. The Bertz CT molecular complexity index is 298. The lowest BCUT2D eigenvalue weighted by molar-refractivity contribution is -0.107. The van der Waals surface area contributed by atoms with Crippen LogP contribution < -0.4 is 4.74 Å². The number of allylic oxidation sites excluding steroid dienone is 1. The van der Waals surface area contributed by atoms with Gasteiger partial charge < -0.3 is 9.53 Å². The van der Waals surface area contributed by atoms with Gasteiger partial charge in [-0.25, -0.2) is 0 Å². The maximum Gasteiger partial charge on any atom is 0.124 e. The Kier molecular flexibility index (Phi) is 3.26. The lowest BCUT2D eigenvalue weighted by Crippen LogP contribution is -1.86. The largest absolute Gasteiger partial charge is 0.497 e. The molecule has 0 aliphatic heterocycles. The van der Waals surface area contributed by atoms with Gasteiger partial charge in [0.1, 0.15) is 12.0 Å². The van der Waals surface area contributed by atoms with Gasteiger partial charge in [0.2, 0.25) is 0 Å². The van der Waals surface area contributed by atoms with Gasteiger partial charge in [0.25, 0.3) is 0 Å². The molecular weight excluding hydrogens is 164 g/mol. The standard InChI is InChI=1S/C11H12O2/c1-9(7-8-12)10-3-5-11(13-2)6-4-10/h3-6,8H,1,7H2,2H3. The highest BCUT2D eigenvalue weighted by molar-refractivity contribution is 5.75. The van der Waals surface area contributed by atoms with Crippen molar-refractivity contribution in [3.8, 4) is 5.75 Å². The number of carbonyl (C=O) groups is 1. The van der Waals surface area contributed by atoms with E-state index in [1.54, 1.807) is 7.11 Å². The van der Waals surface area contributed by atoms with Crippen molar-refractivity contribution in [3.63, 3.8) is 0 Å². The molecule has 0 fully saturated rings. The molecule has 0 unspecified atom stereocenters. The molecular formula is C11H12O2. The molecule has 68 valence electrons. The number of carbonyl (C=O) groups excluding carboxylic acids is 1. The quantitative estimate of drug-likeness (QED) is 0.658. The van der Waals surface area contributed by atoms with Gasteiger partial charge in [0, 0.05) is 6.42 Å². The third-order valence-electron chi connectivity index (χ3n) is 1.83. The first-order valence-electron chi connectivity index (χ1n) is 4.03. The number of benzene rings is 1. The molecule has 1 rings (SSSR count). The van der Waals surface area contributed by atoms with E-state index >= 15 is 0 Å². The van der Waals surface area contributed by atoms with Gasteiger partial charge in [-0.1, -0.05) is 18.7 Å². The Morgan fingerprint density at radius 3 is 2.54 bits per heavy atom. The molecule has 2 heteroatoms. The fourth-order valence-electron chi connectivity index (χ4n) is 1.05. The molecule has 0 aliphatic carbocycles. The smallest absolute Gasteiger partial charge is 0.124 e. The van der Waals surface area contributed by atoms with Gasteiger partial charge in [-0.05, 0) is 23.3 Å². The van der Waals surface area contributed by atoms with E-state index in [2.05, 4.69) is 6.58 Å². The SMILES string of the molecule is C=C(CC=O)c1ccc(OC)cc1. The lowest BCUT2D eigenvalue weighted by atomic mass is 10.1. The van der Waals surface area contributed by atoms with Crippen LogP contribution in [0.4, 0.5) is 0 Å². The topological polar surface area (TPSA) is 26.3 Å². The third kappa shape index (κ3) is 2.44. The summed E-state index contributed by atoms with van der Waals surface area (Å²) < 4.78 is 5.01. The normalized spacial score (nSPS) is 9.31. The molecule has 0 spiro atoms. The molecule has 0 N–H and O–H groups in total. The molecule has 0 bridgehead atoms. The maximum atomic E-state index is 10.2. The fourth-order valence-corrected chi connectivity index (χ4v) is 1.05. The Hall–Kier alpha value is -1.57. The molecule has 0 radical (unpaired) electrons. The molecule has 0 heterocycles. The van der Waals surface area contributed by atoms with Gasteiger partial charge in [-0.15, -0.1) is 0 Å². The number of hydrogen-bond acceptors (Lipinski definition) is 2. The van der Waals surface area contributed by atoms with Crippen molar-refractivity contribution in [1.82, 2.24) is 0 Å². The second kappa shape index (κ2) is 4.45. The molecule has 0 atom stereocenters. The molecule has 0 saturated heterocycles. The average Bonchev–Trinajstić information content (AvgIpc) is 2.18. The molecule has 0 amide bonds. The second-order valence-corrected chi connectivity index (χ2v) is 2.70. The van der Waals surface area contributed by atoms with E-state index < -0.39 is 0 Å². The molecule has 0 aromatic heterocycles. The van der Waals surface area contributed by atoms with Crippen LogP contribution in [0.1, 0.15) is 12.0 Å². The van der Waals surface area contributed by atoms with Gasteiger partial charge in [0.05, 0.1) is 7.11 Å². The molecule has 1 aromatic carbocycles. The van der Waals surface area contributed by atoms with Crippen LogP contribution in [0.2, 0.25) is 0 Å². The van der Waals surface area contributed by atoms with E-state index in [9.17, 15) is 4.79 Å². The van der Waals surface area contributed by atoms with Crippen molar-refractivity contribution in [2.75, 3.05) is 7.11 Å². The van der Waals surface area contributed by atoms with E-state index in [1.165, 1.54) is 0 Å². The molecule has 2 nitrogen and oxygen atoms in total. The van der Waals surface area contributed by atoms with Crippen molar-refractivity contribution < 1.29 is 9.53 Å². The van der Waals surface area contributed by atoms with Crippen molar-refractivity contribution in [3.05, 3.63) is 36.4 Å². The predicted molar refractivity (Wildman–Crippen MR) is 52.7 cm³/mol. The Labute approximate surface area is 77.8 Å². The fraction of sp³-hybridized carbons (Fsp3) is 0.182. The minimum absolute atomic E-state index is 0.381. The minimum Gasteiger partial charge on any atom is -0.497 e. The van der Waals surface area contributed by atoms with Crippen LogP contribution in [-0.2, 0) is 4.79 Å². The lowest BCUT2D eigenvalue weighted by Gasteiger charge is -2.03. The van der Waals surface area contributed by atoms with Crippen molar-refractivity contribution in [1.29, 1.82) is 0 Å². The van der Waals surface area contributed by atoms with Gasteiger partial charge in [0.15, 0.2) is 0 Å². The summed E-state index contributed by atoms with van der Waals surface area (Å²) in [6, 6.07) is 7.49. The van der Waals surface area contributed by atoms with E-state index in [0.717, 1.165) is 23.2 Å². The third-order valence-corrected chi connectivity index (χ3v) is 1.83. The highest BCUT2D eigenvalue weighted by Crippen LogP contribution is 2.18. The van der Waals surface area contributed by atoms with Crippen LogP contribution in [0.5, 0.6) is 5.75 Å². The van der Waals surface area contributed by atoms with Gasteiger partial charge >= 0.3 is 0 Å². The Morgan fingerprint density at radius 1 is 1.46 bits per heavy atom. The zero-order valence-electron chi connectivity index (χ0n) is 7.62. The van der Waals surface area contributed by atoms with E-state index in [4.69, 9.17) is 4.74 Å². The summed E-state index contributed by atoms with van der Waals surface area (Å²) in [5.74, 6) is 0.808. The van der Waals surface area contributed by atoms with Gasteiger partial charge in [-0.2, -0.15) is 0 Å². The first kappa shape index (κ1) is 9.52. The van der Waals surface area contributed by atoms with E-state index in [-0.39, 0.29) is 0 Å². The van der Waals surface area contributed by atoms with Crippen LogP contribution in [0.25, 0.3) is 5.57 Å². The van der Waals surface area contributed by atoms with Crippen LogP contribution in [-0.4, -0.2) is 13.4 Å². The molecule has 13 heavy (non-hydrogen) atoms. The second-order valence-electron chi connectivity index (χ2n) is 2.70. The summed E-state index contributed by atoms with van der Waals surface area (Å²) in [5.41, 5.74) is 1.81. The average molecular weight is 176 g/mol. The monoisotopic (exact) mass is 176 g/mol. The molecule has 0 saturated carbocycles. The zero-order chi connectivity index (χ0) is 9.68.